The second kappa shape index (κ2) is 4.28. The average molecular weight is 221 g/mol. The highest BCUT2D eigenvalue weighted by Gasteiger charge is 2.08. The molecule has 84 valence electrons. The summed E-state index contributed by atoms with van der Waals surface area (Å²) >= 11 is 0. The first-order valence-corrected chi connectivity index (χ1v) is 4.67. The summed E-state index contributed by atoms with van der Waals surface area (Å²) in [6, 6.07) is 3.25. The van der Waals surface area contributed by atoms with Crippen LogP contribution in [0.5, 0.6) is 0 Å². The number of aromatic nitrogens is 3. The number of carbonyl (C=O) groups excluding carboxylic acids is 1. The van der Waals surface area contributed by atoms with E-state index < -0.39 is 5.97 Å². The van der Waals surface area contributed by atoms with E-state index in [0.717, 1.165) is 0 Å². The predicted octanol–water partition coefficient (Wildman–Crippen LogP) is 0.662. The molecule has 0 N–H and O–H groups in total. The largest absolute Gasteiger partial charge is 0.465 e. The van der Waals surface area contributed by atoms with Crippen LogP contribution >= 0.6 is 0 Å². The van der Waals surface area contributed by atoms with E-state index in [0.29, 0.717) is 23.6 Å². The fraction of sp³-hybridized carbons (Fsp3) is 0.300. The van der Waals surface area contributed by atoms with Gasteiger partial charge < -0.3 is 9.47 Å². The van der Waals surface area contributed by atoms with Gasteiger partial charge in [-0.3, -0.25) is 0 Å². The summed E-state index contributed by atoms with van der Waals surface area (Å²) in [6.45, 7) is 0.342. The molecule has 0 aromatic carbocycles. The lowest BCUT2D eigenvalue weighted by atomic mass is 10.3. The van der Waals surface area contributed by atoms with Gasteiger partial charge in [-0.2, -0.15) is 0 Å². The summed E-state index contributed by atoms with van der Waals surface area (Å²) in [5.74, 6) is 0.184. The summed E-state index contributed by atoms with van der Waals surface area (Å²) in [5.41, 5.74) is 1.04. The van der Waals surface area contributed by atoms with Crippen LogP contribution in [0.1, 0.15) is 16.2 Å². The van der Waals surface area contributed by atoms with Crippen LogP contribution in [0.15, 0.2) is 18.3 Å². The predicted molar refractivity (Wildman–Crippen MR) is 55.0 cm³/mol. The summed E-state index contributed by atoms with van der Waals surface area (Å²) in [5, 5.41) is 4.16. The standard InChI is InChI=1S/C10H11N3O3/c1-15-6-8-11-9-5-7(10(14)16-2)3-4-13(9)12-8/h3-5H,6H2,1-2H3. The molecule has 0 bridgehead atoms. The molecule has 0 aliphatic heterocycles. The SMILES string of the molecule is COCc1nc2cc(C(=O)OC)ccn2n1. The van der Waals surface area contributed by atoms with Gasteiger partial charge in [0.15, 0.2) is 11.5 Å². The molecule has 6 heteroatoms. The molecule has 0 aliphatic rings. The molecule has 0 amide bonds. The van der Waals surface area contributed by atoms with Gasteiger partial charge in [-0.25, -0.2) is 14.3 Å². The molecule has 0 radical (unpaired) electrons. The van der Waals surface area contributed by atoms with Crippen molar-refractivity contribution in [2.45, 2.75) is 6.61 Å². The van der Waals surface area contributed by atoms with Crippen molar-refractivity contribution in [3.05, 3.63) is 29.7 Å². The molecule has 0 atom stereocenters. The Bertz CT molecular complexity index is 521. The molecule has 2 aromatic heterocycles. The Kier molecular flexibility index (Phi) is 2.82. The maximum absolute atomic E-state index is 11.3. The first kappa shape index (κ1) is 10.6. The van der Waals surface area contributed by atoms with Gasteiger partial charge in [-0.1, -0.05) is 0 Å². The maximum Gasteiger partial charge on any atom is 0.338 e. The van der Waals surface area contributed by atoms with Crippen LogP contribution in [-0.2, 0) is 16.1 Å². The minimum atomic E-state index is -0.390. The highest BCUT2D eigenvalue weighted by atomic mass is 16.5. The number of methoxy groups -OCH3 is 2. The Morgan fingerprint density at radius 2 is 2.31 bits per heavy atom. The molecule has 2 aromatic rings. The summed E-state index contributed by atoms with van der Waals surface area (Å²) < 4.78 is 11.1. The second-order valence-electron chi connectivity index (χ2n) is 3.17. The van der Waals surface area contributed by atoms with Crippen molar-refractivity contribution in [3.63, 3.8) is 0 Å². The van der Waals surface area contributed by atoms with Gasteiger partial charge in [0.1, 0.15) is 6.61 Å². The van der Waals surface area contributed by atoms with E-state index in [1.54, 1.807) is 30.0 Å². The Balaban J connectivity index is 2.41. The van der Waals surface area contributed by atoms with Crippen molar-refractivity contribution < 1.29 is 14.3 Å². The van der Waals surface area contributed by atoms with Gasteiger partial charge in [-0.05, 0) is 12.1 Å². The third-order valence-corrected chi connectivity index (χ3v) is 2.08. The number of nitrogens with zero attached hydrogens (tertiary/aromatic N) is 3. The topological polar surface area (TPSA) is 65.7 Å². The van der Waals surface area contributed by atoms with Gasteiger partial charge in [0, 0.05) is 13.3 Å². The number of carbonyl (C=O) groups is 1. The van der Waals surface area contributed by atoms with Crippen molar-refractivity contribution in [2.24, 2.45) is 0 Å². The third kappa shape index (κ3) is 1.87. The van der Waals surface area contributed by atoms with Crippen LogP contribution in [0.25, 0.3) is 5.65 Å². The van der Waals surface area contributed by atoms with Gasteiger partial charge in [0.2, 0.25) is 0 Å². The molecule has 0 saturated carbocycles. The zero-order valence-electron chi connectivity index (χ0n) is 9.01. The molecule has 0 fully saturated rings. The molecule has 0 unspecified atom stereocenters. The zero-order valence-corrected chi connectivity index (χ0v) is 9.01. The molecule has 2 heterocycles. The van der Waals surface area contributed by atoms with E-state index in [2.05, 4.69) is 14.8 Å². The number of esters is 1. The van der Waals surface area contributed by atoms with Crippen LogP contribution in [0.4, 0.5) is 0 Å². The van der Waals surface area contributed by atoms with E-state index in [-0.39, 0.29) is 0 Å². The lowest BCUT2D eigenvalue weighted by molar-refractivity contribution is 0.0600. The first-order chi connectivity index (χ1) is 7.74. The van der Waals surface area contributed by atoms with Crippen LogP contribution in [0.2, 0.25) is 0 Å². The molecular formula is C10H11N3O3. The Hall–Kier alpha value is -1.95. The molecule has 2 rings (SSSR count). The van der Waals surface area contributed by atoms with Crippen molar-refractivity contribution in [1.29, 1.82) is 0 Å². The van der Waals surface area contributed by atoms with Gasteiger partial charge >= 0.3 is 5.97 Å². The average Bonchev–Trinajstić information content (AvgIpc) is 2.69. The lowest BCUT2D eigenvalue weighted by Gasteiger charge is -1.97. The van der Waals surface area contributed by atoms with Gasteiger partial charge in [-0.15, -0.1) is 5.10 Å². The van der Waals surface area contributed by atoms with E-state index in [4.69, 9.17) is 4.74 Å². The van der Waals surface area contributed by atoms with E-state index in [1.807, 2.05) is 0 Å². The maximum atomic E-state index is 11.3. The summed E-state index contributed by atoms with van der Waals surface area (Å²) in [6.07, 6.45) is 1.66. The fourth-order valence-corrected chi connectivity index (χ4v) is 1.36. The van der Waals surface area contributed by atoms with Crippen molar-refractivity contribution in [3.8, 4) is 0 Å². The van der Waals surface area contributed by atoms with Crippen LogP contribution in [0.3, 0.4) is 0 Å². The number of hydrogen-bond acceptors (Lipinski definition) is 5. The third-order valence-electron chi connectivity index (χ3n) is 2.08. The molecule has 0 aliphatic carbocycles. The first-order valence-electron chi connectivity index (χ1n) is 4.67. The number of ether oxygens (including phenoxy) is 2. The van der Waals surface area contributed by atoms with Crippen molar-refractivity contribution >= 4 is 11.6 Å². The van der Waals surface area contributed by atoms with Crippen molar-refractivity contribution in [1.82, 2.24) is 14.6 Å². The van der Waals surface area contributed by atoms with Gasteiger partial charge in [0.25, 0.3) is 0 Å². The van der Waals surface area contributed by atoms with Crippen LogP contribution in [0, 0.1) is 0 Å². The molecule has 0 spiro atoms. The minimum absolute atomic E-state index is 0.342. The van der Waals surface area contributed by atoms with Crippen molar-refractivity contribution in [2.75, 3.05) is 14.2 Å². The second-order valence-corrected chi connectivity index (χ2v) is 3.17. The highest BCUT2D eigenvalue weighted by Crippen LogP contribution is 2.07. The fourth-order valence-electron chi connectivity index (χ4n) is 1.36. The van der Waals surface area contributed by atoms with E-state index in [9.17, 15) is 4.79 Å². The monoisotopic (exact) mass is 221 g/mol. The molecular weight excluding hydrogens is 210 g/mol. The minimum Gasteiger partial charge on any atom is -0.465 e. The van der Waals surface area contributed by atoms with Crippen LogP contribution < -0.4 is 0 Å². The highest BCUT2D eigenvalue weighted by molar-refractivity contribution is 5.90. The summed E-state index contributed by atoms with van der Waals surface area (Å²) in [4.78, 5) is 15.5. The smallest absolute Gasteiger partial charge is 0.338 e. The molecule has 6 nitrogen and oxygen atoms in total. The Morgan fingerprint density at radius 1 is 1.50 bits per heavy atom. The Morgan fingerprint density at radius 3 is 3.00 bits per heavy atom. The number of rotatable bonds is 3. The normalized spacial score (nSPS) is 10.6. The molecule has 0 saturated heterocycles. The number of fused-ring (bicyclic) bond motifs is 1. The van der Waals surface area contributed by atoms with E-state index >= 15 is 0 Å². The summed E-state index contributed by atoms with van der Waals surface area (Å²) in [7, 11) is 2.91. The van der Waals surface area contributed by atoms with Gasteiger partial charge in [0.05, 0.1) is 12.7 Å². The van der Waals surface area contributed by atoms with E-state index in [1.165, 1.54) is 7.11 Å². The quantitative estimate of drug-likeness (QED) is 0.712. The molecule has 16 heavy (non-hydrogen) atoms. The number of hydrogen-bond donors (Lipinski definition) is 0. The number of pyridine rings is 1. The Labute approximate surface area is 91.8 Å². The zero-order chi connectivity index (χ0) is 11.5. The lowest BCUT2D eigenvalue weighted by Crippen LogP contribution is -2.02. The van der Waals surface area contributed by atoms with Crippen LogP contribution in [-0.4, -0.2) is 34.8 Å².